The van der Waals surface area contributed by atoms with Crippen LogP contribution >= 0.6 is 0 Å². The lowest BCUT2D eigenvalue weighted by molar-refractivity contribution is -0.119. The lowest BCUT2D eigenvalue weighted by atomic mass is 10.1. The van der Waals surface area contributed by atoms with E-state index in [0.717, 1.165) is 31.4 Å². The van der Waals surface area contributed by atoms with Crippen LogP contribution in [0.5, 0.6) is 0 Å². The Balaban J connectivity index is 3.03. The molecule has 0 fully saturated rings. The van der Waals surface area contributed by atoms with Gasteiger partial charge in [0.25, 0.3) is 0 Å². The second-order valence-electron chi connectivity index (χ2n) is 5.17. The maximum Gasteiger partial charge on any atom is 0.227 e. The van der Waals surface area contributed by atoms with Crippen LogP contribution in [0.15, 0.2) is 24.3 Å². The van der Waals surface area contributed by atoms with E-state index in [-0.39, 0.29) is 11.9 Å². The molecule has 0 saturated heterocycles. The Kier molecular flexibility index (Phi) is 6.61. The largest absolute Gasteiger partial charge is 0.310 e. The molecule has 19 heavy (non-hydrogen) atoms. The molecule has 0 aromatic heterocycles. The summed E-state index contributed by atoms with van der Waals surface area (Å²) in [6.07, 6.45) is 4.69. The van der Waals surface area contributed by atoms with Gasteiger partial charge >= 0.3 is 0 Å². The van der Waals surface area contributed by atoms with Gasteiger partial charge in [-0.15, -0.1) is 0 Å². The van der Waals surface area contributed by atoms with Gasteiger partial charge in [-0.1, -0.05) is 39.3 Å². The van der Waals surface area contributed by atoms with Gasteiger partial charge in [0.1, 0.15) is 0 Å². The van der Waals surface area contributed by atoms with Gasteiger partial charge in [0.2, 0.25) is 5.91 Å². The van der Waals surface area contributed by atoms with E-state index in [2.05, 4.69) is 52.0 Å². The van der Waals surface area contributed by atoms with Crippen molar-refractivity contribution in [3.8, 4) is 0 Å². The van der Waals surface area contributed by atoms with Crippen molar-refractivity contribution in [1.82, 2.24) is 0 Å². The first kappa shape index (κ1) is 15.7. The Morgan fingerprint density at radius 3 is 2.53 bits per heavy atom. The molecule has 0 saturated carbocycles. The minimum atomic E-state index is 0.247. The van der Waals surface area contributed by atoms with Crippen LogP contribution in [-0.4, -0.2) is 11.9 Å². The highest BCUT2D eigenvalue weighted by atomic mass is 16.2. The smallest absolute Gasteiger partial charge is 0.227 e. The molecule has 0 aliphatic heterocycles. The van der Waals surface area contributed by atoms with Gasteiger partial charge in [-0.25, -0.2) is 0 Å². The second-order valence-corrected chi connectivity index (χ2v) is 5.17. The summed E-state index contributed by atoms with van der Waals surface area (Å²) in [6.45, 7) is 8.52. The number of nitrogens with zero attached hydrogens (tertiary/aromatic N) is 1. The van der Waals surface area contributed by atoms with Crippen LogP contribution < -0.4 is 4.90 Å². The SMILES string of the molecule is CCCC(=O)N(c1cccc(CC)c1)C(C)CCC. The summed E-state index contributed by atoms with van der Waals surface area (Å²) < 4.78 is 0. The van der Waals surface area contributed by atoms with Gasteiger partial charge < -0.3 is 4.90 Å². The highest BCUT2D eigenvalue weighted by Crippen LogP contribution is 2.22. The van der Waals surface area contributed by atoms with Crippen LogP contribution in [0.2, 0.25) is 0 Å². The fourth-order valence-corrected chi connectivity index (χ4v) is 2.45. The van der Waals surface area contributed by atoms with E-state index < -0.39 is 0 Å². The van der Waals surface area contributed by atoms with E-state index >= 15 is 0 Å². The van der Waals surface area contributed by atoms with E-state index in [9.17, 15) is 4.79 Å². The normalized spacial score (nSPS) is 12.2. The number of carbonyl (C=O) groups excluding carboxylic acids is 1. The van der Waals surface area contributed by atoms with Gasteiger partial charge in [-0.3, -0.25) is 4.79 Å². The number of carbonyl (C=O) groups is 1. The summed E-state index contributed by atoms with van der Waals surface area (Å²) in [6, 6.07) is 8.66. The maximum atomic E-state index is 12.4. The number of hydrogen-bond acceptors (Lipinski definition) is 1. The molecular weight excluding hydrogens is 234 g/mol. The molecule has 0 N–H and O–H groups in total. The van der Waals surface area contributed by atoms with Crippen LogP contribution in [0.25, 0.3) is 0 Å². The summed E-state index contributed by atoms with van der Waals surface area (Å²) in [5.74, 6) is 0.247. The van der Waals surface area contributed by atoms with Crippen molar-refractivity contribution < 1.29 is 4.79 Å². The van der Waals surface area contributed by atoms with Crippen molar-refractivity contribution in [3.05, 3.63) is 29.8 Å². The zero-order valence-electron chi connectivity index (χ0n) is 12.8. The van der Waals surface area contributed by atoms with Crippen LogP contribution in [0.3, 0.4) is 0 Å². The number of rotatable bonds is 7. The molecule has 0 heterocycles. The van der Waals surface area contributed by atoms with E-state index in [1.807, 2.05) is 4.90 Å². The Hall–Kier alpha value is -1.31. The Labute approximate surface area is 117 Å². The van der Waals surface area contributed by atoms with Crippen molar-refractivity contribution in [1.29, 1.82) is 0 Å². The quantitative estimate of drug-likeness (QED) is 0.704. The molecule has 1 rings (SSSR count). The fourth-order valence-electron chi connectivity index (χ4n) is 2.45. The van der Waals surface area contributed by atoms with E-state index in [1.54, 1.807) is 0 Å². The van der Waals surface area contributed by atoms with Gasteiger partial charge in [0.15, 0.2) is 0 Å². The van der Waals surface area contributed by atoms with Crippen LogP contribution in [-0.2, 0) is 11.2 Å². The summed E-state index contributed by atoms with van der Waals surface area (Å²) in [5.41, 5.74) is 2.34. The van der Waals surface area contributed by atoms with E-state index in [1.165, 1.54) is 5.56 Å². The number of aryl methyl sites for hydroxylation is 1. The van der Waals surface area contributed by atoms with Crippen molar-refractivity contribution in [3.63, 3.8) is 0 Å². The third-order valence-corrected chi connectivity index (χ3v) is 3.48. The van der Waals surface area contributed by atoms with Crippen molar-refractivity contribution in [2.45, 2.75) is 65.8 Å². The molecule has 106 valence electrons. The molecule has 1 atom stereocenters. The molecule has 1 unspecified atom stereocenters. The molecular formula is C17H27NO. The number of amides is 1. The molecule has 2 nitrogen and oxygen atoms in total. The van der Waals surface area contributed by atoms with Gasteiger partial charge in [-0.2, -0.15) is 0 Å². The van der Waals surface area contributed by atoms with Gasteiger partial charge in [0, 0.05) is 18.2 Å². The lowest BCUT2D eigenvalue weighted by Crippen LogP contribution is -2.38. The molecule has 2 heteroatoms. The third kappa shape index (κ3) is 4.38. The molecule has 0 radical (unpaired) electrons. The first-order valence-electron chi connectivity index (χ1n) is 7.54. The zero-order chi connectivity index (χ0) is 14.3. The van der Waals surface area contributed by atoms with Gasteiger partial charge in [-0.05, 0) is 43.9 Å². The van der Waals surface area contributed by atoms with Crippen molar-refractivity contribution in [2.75, 3.05) is 4.90 Å². The molecule has 1 amide bonds. The first-order chi connectivity index (χ1) is 9.13. The molecule has 1 aromatic rings. The van der Waals surface area contributed by atoms with Crippen molar-refractivity contribution in [2.24, 2.45) is 0 Å². The number of hydrogen-bond donors (Lipinski definition) is 0. The summed E-state index contributed by atoms with van der Waals surface area (Å²) in [7, 11) is 0. The average Bonchev–Trinajstić information content (AvgIpc) is 2.40. The molecule has 0 spiro atoms. The Bertz CT molecular complexity index is 400. The first-order valence-corrected chi connectivity index (χ1v) is 7.54. The Morgan fingerprint density at radius 1 is 1.21 bits per heavy atom. The summed E-state index contributed by atoms with van der Waals surface area (Å²) in [5, 5.41) is 0. The predicted octanol–water partition coefficient (Wildman–Crippen LogP) is 4.57. The maximum absolute atomic E-state index is 12.4. The van der Waals surface area contributed by atoms with E-state index in [4.69, 9.17) is 0 Å². The van der Waals surface area contributed by atoms with Gasteiger partial charge in [0.05, 0.1) is 0 Å². The number of benzene rings is 1. The standard InChI is InChI=1S/C17H27NO/c1-5-9-14(4)18(17(19)10-6-2)16-12-8-11-15(7-3)13-16/h8,11-14H,5-7,9-10H2,1-4H3. The average molecular weight is 261 g/mol. The fraction of sp³-hybridized carbons (Fsp3) is 0.588. The van der Waals surface area contributed by atoms with Crippen LogP contribution in [0.4, 0.5) is 5.69 Å². The Morgan fingerprint density at radius 2 is 1.95 bits per heavy atom. The monoisotopic (exact) mass is 261 g/mol. The molecule has 0 aliphatic carbocycles. The zero-order valence-corrected chi connectivity index (χ0v) is 12.8. The topological polar surface area (TPSA) is 20.3 Å². The molecule has 0 aliphatic rings. The molecule has 0 bridgehead atoms. The minimum Gasteiger partial charge on any atom is -0.310 e. The van der Waals surface area contributed by atoms with E-state index in [0.29, 0.717) is 6.42 Å². The second kappa shape index (κ2) is 7.98. The lowest BCUT2D eigenvalue weighted by Gasteiger charge is -2.29. The minimum absolute atomic E-state index is 0.247. The summed E-state index contributed by atoms with van der Waals surface area (Å²) >= 11 is 0. The third-order valence-electron chi connectivity index (χ3n) is 3.48. The van der Waals surface area contributed by atoms with Crippen molar-refractivity contribution >= 4 is 11.6 Å². The van der Waals surface area contributed by atoms with Crippen LogP contribution in [0, 0.1) is 0 Å². The summed E-state index contributed by atoms with van der Waals surface area (Å²) in [4.78, 5) is 14.4. The molecule has 1 aromatic carbocycles. The van der Waals surface area contributed by atoms with Crippen LogP contribution in [0.1, 0.15) is 58.9 Å². The number of anilines is 1. The highest BCUT2D eigenvalue weighted by Gasteiger charge is 2.20. The highest BCUT2D eigenvalue weighted by molar-refractivity contribution is 5.93. The predicted molar refractivity (Wildman–Crippen MR) is 82.6 cm³/mol.